The standard InChI is InChI=1S/C31H38N2O3S/c1-21-12-18-25(19-13-21)37(34,35)33-28(23-14-16-24(36-8)17-15-23)27-22(2)10-9-11-26(27)29(33)32-31(6,7)20-30(3,4)5/h9-19,28H,20H2,1-8H3. The Labute approximate surface area is 222 Å². The number of amidine groups is 1. The number of hydrogen-bond donors (Lipinski definition) is 0. The first kappa shape index (κ1) is 26.9. The third kappa shape index (κ3) is 5.45. The van der Waals surface area contributed by atoms with Crippen LogP contribution in [-0.2, 0) is 10.0 Å². The van der Waals surface area contributed by atoms with E-state index in [1.165, 1.54) is 0 Å². The number of aliphatic imine (C=N–C) groups is 1. The number of rotatable bonds is 6. The third-order valence-corrected chi connectivity index (χ3v) is 8.43. The van der Waals surface area contributed by atoms with E-state index in [2.05, 4.69) is 34.6 Å². The van der Waals surface area contributed by atoms with Crippen molar-refractivity contribution in [2.45, 2.75) is 71.4 Å². The highest BCUT2D eigenvalue weighted by molar-refractivity contribution is 7.89. The van der Waals surface area contributed by atoms with Gasteiger partial charge >= 0.3 is 0 Å². The predicted molar refractivity (Wildman–Crippen MR) is 151 cm³/mol. The number of hydrogen-bond acceptors (Lipinski definition) is 4. The molecule has 0 amide bonds. The van der Waals surface area contributed by atoms with Crippen LogP contribution in [0.15, 0.2) is 76.6 Å². The molecule has 3 aromatic rings. The third-order valence-electron chi connectivity index (χ3n) is 6.66. The lowest BCUT2D eigenvalue weighted by Gasteiger charge is -2.32. The molecule has 4 rings (SSSR count). The predicted octanol–water partition coefficient (Wildman–Crippen LogP) is 7.07. The van der Waals surface area contributed by atoms with E-state index >= 15 is 0 Å². The van der Waals surface area contributed by atoms with Gasteiger partial charge in [0, 0.05) is 5.56 Å². The van der Waals surface area contributed by atoms with Gasteiger partial charge in [-0.05, 0) is 80.5 Å². The largest absolute Gasteiger partial charge is 0.497 e. The van der Waals surface area contributed by atoms with E-state index < -0.39 is 21.6 Å². The van der Waals surface area contributed by atoms with E-state index in [0.717, 1.165) is 40.0 Å². The normalized spacial score (nSPS) is 17.2. The molecular formula is C31H38N2O3S. The van der Waals surface area contributed by atoms with Gasteiger partial charge < -0.3 is 4.74 Å². The minimum Gasteiger partial charge on any atom is -0.497 e. The molecule has 0 spiro atoms. The molecule has 1 aliphatic rings. The van der Waals surface area contributed by atoms with Crippen LogP contribution in [0.3, 0.4) is 0 Å². The summed E-state index contributed by atoms with van der Waals surface area (Å²) in [6.07, 6.45) is 0.802. The molecule has 1 atom stereocenters. The van der Waals surface area contributed by atoms with Gasteiger partial charge in [0.25, 0.3) is 10.0 Å². The summed E-state index contributed by atoms with van der Waals surface area (Å²) in [6, 6.07) is 20.2. The van der Waals surface area contributed by atoms with E-state index in [-0.39, 0.29) is 10.3 Å². The number of benzene rings is 3. The minimum atomic E-state index is -3.95. The Bertz CT molecular complexity index is 1410. The topological polar surface area (TPSA) is 59.0 Å². The van der Waals surface area contributed by atoms with Crippen molar-refractivity contribution >= 4 is 15.9 Å². The summed E-state index contributed by atoms with van der Waals surface area (Å²) in [5.74, 6) is 1.22. The number of sulfonamides is 1. The van der Waals surface area contributed by atoms with Gasteiger partial charge in [-0.25, -0.2) is 12.7 Å². The molecule has 0 aromatic heterocycles. The monoisotopic (exact) mass is 518 g/mol. The highest BCUT2D eigenvalue weighted by Gasteiger charge is 2.45. The maximum Gasteiger partial charge on any atom is 0.266 e. The SMILES string of the molecule is COc1ccc(C2c3c(C)cccc3C(=NC(C)(C)CC(C)(C)C)N2S(=O)(=O)c2ccc(C)cc2)cc1. The molecule has 196 valence electrons. The molecule has 0 bridgehead atoms. The molecule has 5 nitrogen and oxygen atoms in total. The van der Waals surface area contributed by atoms with Crippen molar-refractivity contribution in [3.05, 3.63) is 94.5 Å². The lowest BCUT2D eigenvalue weighted by Crippen LogP contribution is -2.38. The van der Waals surface area contributed by atoms with E-state index in [0.29, 0.717) is 5.84 Å². The Balaban J connectivity index is 2.02. The van der Waals surface area contributed by atoms with Crippen molar-refractivity contribution < 1.29 is 13.2 Å². The molecule has 0 fully saturated rings. The summed E-state index contributed by atoms with van der Waals surface area (Å²) in [7, 11) is -2.32. The van der Waals surface area contributed by atoms with E-state index in [4.69, 9.17) is 9.73 Å². The number of methoxy groups -OCH3 is 1. The number of nitrogens with zero attached hydrogens (tertiary/aromatic N) is 2. The van der Waals surface area contributed by atoms with Crippen LogP contribution in [-0.4, -0.2) is 31.2 Å². The average Bonchev–Trinajstić information content (AvgIpc) is 3.13. The molecule has 0 saturated heterocycles. The van der Waals surface area contributed by atoms with Crippen LogP contribution in [0.25, 0.3) is 0 Å². The maximum atomic E-state index is 14.4. The number of ether oxygens (including phenoxy) is 1. The van der Waals surface area contributed by atoms with Crippen molar-refractivity contribution in [2.75, 3.05) is 7.11 Å². The van der Waals surface area contributed by atoms with Gasteiger partial charge in [0.05, 0.1) is 23.6 Å². The smallest absolute Gasteiger partial charge is 0.266 e. The lowest BCUT2D eigenvalue weighted by atomic mass is 9.82. The Hall–Kier alpha value is -3.12. The molecule has 0 N–H and O–H groups in total. The first-order chi connectivity index (χ1) is 17.2. The highest BCUT2D eigenvalue weighted by atomic mass is 32.2. The van der Waals surface area contributed by atoms with Crippen LogP contribution in [0.1, 0.15) is 74.9 Å². The van der Waals surface area contributed by atoms with Crippen LogP contribution >= 0.6 is 0 Å². The quantitative estimate of drug-likeness (QED) is 0.351. The summed E-state index contributed by atoms with van der Waals surface area (Å²) in [4.78, 5) is 5.47. The van der Waals surface area contributed by atoms with Crippen molar-refractivity contribution in [1.82, 2.24) is 4.31 Å². The molecule has 6 heteroatoms. The molecule has 0 saturated carbocycles. The van der Waals surface area contributed by atoms with E-state index in [1.807, 2.05) is 68.4 Å². The molecule has 37 heavy (non-hydrogen) atoms. The summed E-state index contributed by atoms with van der Waals surface area (Å²) < 4.78 is 35.8. The van der Waals surface area contributed by atoms with Gasteiger partial charge in [-0.2, -0.15) is 0 Å². The van der Waals surface area contributed by atoms with Crippen LogP contribution in [0.2, 0.25) is 0 Å². The van der Waals surface area contributed by atoms with Crippen molar-refractivity contribution in [3.63, 3.8) is 0 Å². The van der Waals surface area contributed by atoms with Crippen molar-refractivity contribution in [2.24, 2.45) is 10.4 Å². The van der Waals surface area contributed by atoms with E-state index in [1.54, 1.807) is 23.5 Å². The molecule has 3 aromatic carbocycles. The second-order valence-corrected chi connectivity index (χ2v) is 13.6. The zero-order chi connectivity index (χ0) is 27.2. The van der Waals surface area contributed by atoms with Gasteiger partial charge in [-0.1, -0.05) is 68.8 Å². The Morgan fingerprint density at radius 2 is 1.51 bits per heavy atom. The van der Waals surface area contributed by atoms with Crippen molar-refractivity contribution in [1.29, 1.82) is 0 Å². The van der Waals surface area contributed by atoms with Crippen LogP contribution in [0, 0.1) is 19.3 Å². The average molecular weight is 519 g/mol. The molecule has 0 radical (unpaired) electrons. The summed E-state index contributed by atoms with van der Waals surface area (Å²) in [6.45, 7) is 14.7. The minimum absolute atomic E-state index is 0.0254. The molecule has 0 aliphatic carbocycles. The van der Waals surface area contributed by atoms with Crippen LogP contribution < -0.4 is 4.74 Å². The van der Waals surface area contributed by atoms with Crippen LogP contribution in [0.4, 0.5) is 0 Å². The summed E-state index contributed by atoms with van der Waals surface area (Å²) in [5.41, 5.74) is 4.27. The molecular weight excluding hydrogens is 480 g/mol. The second-order valence-electron chi connectivity index (χ2n) is 11.8. The highest BCUT2D eigenvalue weighted by Crippen LogP contribution is 2.45. The molecule has 1 heterocycles. The number of fused-ring (bicyclic) bond motifs is 1. The maximum absolute atomic E-state index is 14.4. The zero-order valence-corrected chi connectivity index (χ0v) is 24.0. The van der Waals surface area contributed by atoms with E-state index in [9.17, 15) is 8.42 Å². The van der Waals surface area contributed by atoms with Gasteiger partial charge in [0.1, 0.15) is 11.6 Å². The van der Waals surface area contributed by atoms with Crippen molar-refractivity contribution in [3.8, 4) is 5.75 Å². The number of aryl methyl sites for hydroxylation is 2. The Kier molecular flexibility index (Phi) is 7.02. The lowest BCUT2D eigenvalue weighted by molar-refractivity contribution is 0.287. The fourth-order valence-corrected chi connectivity index (χ4v) is 7.07. The second kappa shape index (κ2) is 9.64. The Morgan fingerprint density at radius 1 is 0.892 bits per heavy atom. The van der Waals surface area contributed by atoms with Gasteiger partial charge in [-0.3, -0.25) is 4.99 Å². The molecule has 1 aliphatic heterocycles. The van der Waals surface area contributed by atoms with Gasteiger partial charge in [0.15, 0.2) is 0 Å². The Morgan fingerprint density at radius 3 is 2.08 bits per heavy atom. The summed E-state index contributed by atoms with van der Waals surface area (Å²) in [5, 5.41) is 0. The fourth-order valence-electron chi connectivity index (χ4n) is 5.50. The summed E-state index contributed by atoms with van der Waals surface area (Å²) >= 11 is 0. The zero-order valence-electron chi connectivity index (χ0n) is 23.2. The molecule has 1 unspecified atom stereocenters. The van der Waals surface area contributed by atoms with Gasteiger partial charge in [0.2, 0.25) is 0 Å². The first-order valence-corrected chi connectivity index (χ1v) is 14.1. The van der Waals surface area contributed by atoms with Crippen LogP contribution in [0.5, 0.6) is 5.75 Å². The first-order valence-electron chi connectivity index (χ1n) is 12.7. The van der Waals surface area contributed by atoms with Gasteiger partial charge in [-0.15, -0.1) is 0 Å². The fraction of sp³-hybridized carbons (Fsp3) is 0.387.